The Hall–Kier alpha value is -2.21. The lowest BCUT2D eigenvalue weighted by Crippen LogP contribution is -2.69. The van der Waals surface area contributed by atoms with Crippen LogP contribution in [0.2, 0.25) is 0 Å². The van der Waals surface area contributed by atoms with E-state index >= 15 is 0 Å². The lowest BCUT2D eigenvalue weighted by molar-refractivity contribution is -0.230. The Morgan fingerprint density at radius 2 is 1.65 bits per heavy atom. The number of rotatable bonds is 9. The second-order valence-corrected chi connectivity index (χ2v) is 8.55. The van der Waals surface area contributed by atoms with E-state index in [0.717, 1.165) is 43.4 Å². The fourth-order valence-electron chi connectivity index (χ4n) is 5.31. The maximum Gasteiger partial charge on any atom is 0.269 e. The van der Waals surface area contributed by atoms with Crippen LogP contribution in [-0.2, 0) is 20.9 Å². The minimum atomic E-state index is -0.468. The van der Waals surface area contributed by atoms with Gasteiger partial charge in [0, 0.05) is 13.7 Å². The molecule has 2 aliphatic rings. The van der Waals surface area contributed by atoms with E-state index in [0.29, 0.717) is 6.61 Å². The summed E-state index contributed by atoms with van der Waals surface area (Å²) in [6.07, 6.45) is 3.48. The Balaban J connectivity index is 1.59. The number of ether oxygens (including phenoxy) is 2. The van der Waals surface area contributed by atoms with Gasteiger partial charge < -0.3 is 9.47 Å². The van der Waals surface area contributed by atoms with Crippen LogP contribution < -0.4 is 0 Å². The first kappa shape index (κ1) is 22.0. The zero-order valence-electron chi connectivity index (χ0n) is 18.9. The highest BCUT2D eigenvalue weighted by molar-refractivity contribution is 5.88. The fourth-order valence-corrected chi connectivity index (χ4v) is 5.31. The van der Waals surface area contributed by atoms with Crippen LogP contribution in [0.25, 0.3) is 0 Å². The largest absolute Gasteiger partial charge is 0.377 e. The van der Waals surface area contributed by atoms with Crippen LogP contribution >= 0.6 is 0 Å². The normalized spacial score (nSPS) is 24.4. The predicted molar refractivity (Wildman–Crippen MR) is 121 cm³/mol. The number of hydrogen-bond acceptors (Lipinski definition) is 4. The standard InChI is InChI=1S/C26H34N2O3/c1-4-26(5-2,30-3)22-17-12-18-27(22)28-23(21-15-10-7-11-16-21)24(25(28)29)31-19-20-13-8-6-9-14-20/h6-11,13-16,22-24H,4-5,12,17-19H2,1-3H3/t22-,23-,24-/m0/s1. The quantitative estimate of drug-likeness (QED) is 0.548. The maximum absolute atomic E-state index is 13.4. The smallest absolute Gasteiger partial charge is 0.269 e. The van der Waals surface area contributed by atoms with Gasteiger partial charge in [-0.1, -0.05) is 74.5 Å². The molecule has 0 saturated carbocycles. The van der Waals surface area contributed by atoms with E-state index in [4.69, 9.17) is 9.47 Å². The van der Waals surface area contributed by atoms with E-state index in [9.17, 15) is 4.79 Å². The molecule has 2 heterocycles. The number of hydrazine groups is 1. The van der Waals surface area contributed by atoms with Crippen molar-refractivity contribution in [3.8, 4) is 0 Å². The molecule has 0 bridgehead atoms. The summed E-state index contributed by atoms with van der Waals surface area (Å²) in [5.74, 6) is 0.0499. The third kappa shape index (κ3) is 4.02. The number of amides is 1. The van der Waals surface area contributed by atoms with Crippen molar-refractivity contribution in [3.63, 3.8) is 0 Å². The number of nitrogens with zero attached hydrogens (tertiary/aromatic N) is 2. The van der Waals surface area contributed by atoms with Gasteiger partial charge >= 0.3 is 0 Å². The number of carbonyl (C=O) groups excluding carboxylic acids is 1. The summed E-state index contributed by atoms with van der Waals surface area (Å²) in [4.78, 5) is 13.4. The van der Waals surface area contributed by atoms with Crippen molar-refractivity contribution in [3.05, 3.63) is 71.8 Å². The van der Waals surface area contributed by atoms with Crippen molar-refractivity contribution in [2.24, 2.45) is 0 Å². The highest BCUT2D eigenvalue weighted by Crippen LogP contribution is 2.44. The maximum atomic E-state index is 13.4. The van der Waals surface area contributed by atoms with Crippen molar-refractivity contribution in [2.45, 2.75) is 69.9 Å². The minimum Gasteiger partial charge on any atom is -0.377 e. The molecule has 0 unspecified atom stereocenters. The molecular formula is C26H34N2O3. The van der Waals surface area contributed by atoms with Crippen molar-refractivity contribution < 1.29 is 14.3 Å². The molecule has 4 rings (SSSR count). The van der Waals surface area contributed by atoms with Crippen molar-refractivity contribution in [1.29, 1.82) is 0 Å². The van der Waals surface area contributed by atoms with E-state index in [2.05, 4.69) is 31.0 Å². The van der Waals surface area contributed by atoms with Crippen LogP contribution in [0.15, 0.2) is 60.7 Å². The van der Waals surface area contributed by atoms with Gasteiger partial charge in [-0.3, -0.25) is 9.80 Å². The molecule has 5 nitrogen and oxygen atoms in total. The van der Waals surface area contributed by atoms with Gasteiger partial charge in [-0.25, -0.2) is 5.01 Å². The van der Waals surface area contributed by atoms with E-state index in [-0.39, 0.29) is 23.6 Å². The summed E-state index contributed by atoms with van der Waals surface area (Å²) in [6.45, 7) is 5.67. The molecule has 166 valence electrons. The van der Waals surface area contributed by atoms with Gasteiger partial charge in [0.25, 0.3) is 5.91 Å². The summed E-state index contributed by atoms with van der Waals surface area (Å²) in [6, 6.07) is 20.4. The predicted octanol–water partition coefficient (Wildman–Crippen LogP) is 4.74. The number of hydrogen-bond donors (Lipinski definition) is 0. The molecular weight excluding hydrogens is 388 g/mol. The van der Waals surface area contributed by atoms with Crippen LogP contribution in [0, 0.1) is 0 Å². The van der Waals surface area contributed by atoms with Crippen molar-refractivity contribution in [2.75, 3.05) is 13.7 Å². The Labute approximate surface area is 185 Å². The molecule has 0 aliphatic carbocycles. The van der Waals surface area contributed by atoms with Gasteiger partial charge in [-0.05, 0) is 36.8 Å². The van der Waals surface area contributed by atoms with Crippen LogP contribution in [0.5, 0.6) is 0 Å². The highest BCUT2D eigenvalue weighted by atomic mass is 16.5. The summed E-state index contributed by atoms with van der Waals surface area (Å²) in [5.41, 5.74) is 1.95. The van der Waals surface area contributed by atoms with E-state index in [1.165, 1.54) is 0 Å². The summed E-state index contributed by atoms with van der Waals surface area (Å²) in [7, 11) is 1.81. The number of β-lactam (4-membered cyclic amide) rings is 1. The van der Waals surface area contributed by atoms with Crippen LogP contribution in [-0.4, -0.2) is 47.3 Å². The zero-order valence-corrected chi connectivity index (χ0v) is 18.9. The average molecular weight is 423 g/mol. The van der Waals surface area contributed by atoms with Gasteiger partial charge in [0.05, 0.1) is 18.2 Å². The van der Waals surface area contributed by atoms with E-state index in [1.807, 2.05) is 60.6 Å². The second-order valence-electron chi connectivity index (χ2n) is 8.55. The molecule has 2 aliphatic heterocycles. The number of carbonyl (C=O) groups is 1. The molecule has 2 aromatic carbocycles. The van der Waals surface area contributed by atoms with Gasteiger partial charge in [0.2, 0.25) is 0 Å². The third-order valence-electron chi connectivity index (χ3n) is 7.14. The summed E-state index contributed by atoms with van der Waals surface area (Å²) < 4.78 is 12.3. The van der Waals surface area contributed by atoms with Crippen LogP contribution in [0.1, 0.15) is 56.7 Å². The third-order valence-corrected chi connectivity index (χ3v) is 7.14. The van der Waals surface area contributed by atoms with Gasteiger partial charge in [-0.15, -0.1) is 0 Å². The number of benzene rings is 2. The topological polar surface area (TPSA) is 42.0 Å². The molecule has 0 N–H and O–H groups in total. The molecule has 0 radical (unpaired) electrons. The second kappa shape index (κ2) is 9.51. The Bertz CT molecular complexity index is 845. The lowest BCUT2D eigenvalue weighted by atomic mass is 9.86. The van der Waals surface area contributed by atoms with Crippen molar-refractivity contribution in [1.82, 2.24) is 10.0 Å². The molecule has 0 aromatic heterocycles. The monoisotopic (exact) mass is 422 g/mol. The Morgan fingerprint density at radius 3 is 2.26 bits per heavy atom. The SMILES string of the molecule is CCC(CC)(OC)[C@@H]1CCCN1N1C(=O)[C@@H](OCc2ccccc2)[C@@H]1c1ccccc1. The van der Waals surface area contributed by atoms with E-state index in [1.54, 1.807) is 0 Å². The Morgan fingerprint density at radius 1 is 1.00 bits per heavy atom. The first-order valence-corrected chi connectivity index (χ1v) is 11.5. The molecule has 1 amide bonds. The zero-order chi connectivity index (χ0) is 21.8. The van der Waals surface area contributed by atoms with Crippen molar-refractivity contribution >= 4 is 5.91 Å². The molecule has 5 heteroatoms. The minimum absolute atomic E-state index is 0.0499. The molecule has 2 saturated heterocycles. The lowest BCUT2D eigenvalue weighted by Gasteiger charge is -2.54. The fraction of sp³-hybridized carbons (Fsp3) is 0.500. The highest BCUT2D eigenvalue weighted by Gasteiger charge is 2.56. The van der Waals surface area contributed by atoms with Crippen LogP contribution in [0.4, 0.5) is 0 Å². The molecule has 3 atom stereocenters. The molecule has 0 spiro atoms. The van der Waals surface area contributed by atoms with Gasteiger partial charge in [0.1, 0.15) is 6.04 Å². The summed E-state index contributed by atoms with van der Waals surface area (Å²) in [5, 5.41) is 4.24. The first-order chi connectivity index (χ1) is 15.1. The average Bonchev–Trinajstić information content (AvgIpc) is 3.30. The molecule has 31 heavy (non-hydrogen) atoms. The first-order valence-electron chi connectivity index (χ1n) is 11.5. The molecule has 2 aromatic rings. The van der Waals surface area contributed by atoms with Gasteiger partial charge in [0.15, 0.2) is 6.10 Å². The molecule has 2 fully saturated rings. The van der Waals surface area contributed by atoms with E-state index < -0.39 is 6.10 Å². The van der Waals surface area contributed by atoms with Gasteiger partial charge in [-0.2, -0.15) is 0 Å². The summed E-state index contributed by atoms with van der Waals surface area (Å²) >= 11 is 0. The van der Waals surface area contributed by atoms with Crippen LogP contribution in [0.3, 0.4) is 0 Å². The Kier molecular flexibility index (Phi) is 6.75. The number of methoxy groups -OCH3 is 1.